The number of aryl methyl sites for hydroxylation is 3. The normalized spacial score (nSPS) is 12.5. The fourth-order valence-electron chi connectivity index (χ4n) is 4.37. The van der Waals surface area contributed by atoms with Crippen LogP contribution in [0.5, 0.6) is 0 Å². The third-order valence-corrected chi connectivity index (χ3v) is 6.32. The molecule has 1 aliphatic rings. The van der Waals surface area contributed by atoms with E-state index in [2.05, 4.69) is 20.6 Å². The average Bonchev–Trinajstić information content (AvgIpc) is 3.10. The Labute approximate surface area is 214 Å². The second kappa shape index (κ2) is 9.31. The lowest BCUT2D eigenvalue weighted by Gasteiger charge is -2.17. The Bertz CT molecular complexity index is 1570. The second-order valence-electron chi connectivity index (χ2n) is 9.06. The van der Waals surface area contributed by atoms with Crippen molar-refractivity contribution in [3.05, 3.63) is 106 Å². The number of hydrogen-bond donors (Lipinski definition) is 2. The predicted octanol–water partition coefficient (Wildman–Crippen LogP) is 5.51. The molecule has 8 heteroatoms. The minimum absolute atomic E-state index is 0.209. The number of aromatic nitrogens is 2. The molecule has 0 aliphatic carbocycles. The summed E-state index contributed by atoms with van der Waals surface area (Å²) in [6.07, 6.45) is 0. The summed E-state index contributed by atoms with van der Waals surface area (Å²) in [5, 5.41) is 6.01. The number of fused-ring (bicyclic) bond motifs is 1. The first-order chi connectivity index (χ1) is 17.7. The predicted molar refractivity (Wildman–Crippen MR) is 143 cm³/mol. The molecule has 0 saturated heterocycles. The van der Waals surface area contributed by atoms with Gasteiger partial charge in [-0.2, -0.15) is 0 Å². The monoisotopic (exact) mass is 491 g/mol. The Balaban J connectivity index is 1.36. The summed E-state index contributed by atoms with van der Waals surface area (Å²) < 4.78 is 0. The zero-order valence-corrected chi connectivity index (χ0v) is 20.9. The van der Waals surface area contributed by atoms with Crippen molar-refractivity contribution in [2.45, 2.75) is 27.7 Å². The fourth-order valence-corrected chi connectivity index (χ4v) is 4.37. The van der Waals surface area contributed by atoms with E-state index in [1.54, 1.807) is 30.3 Å². The highest BCUT2D eigenvalue weighted by Crippen LogP contribution is 2.32. The molecule has 0 saturated carbocycles. The molecule has 0 spiro atoms. The van der Waals surface area contributed by atoms with Gasteiger partial charge < -0.3 is 10.6 Å². The van der Waals surface area contributed by atoms with Crippen molar-refractivity contribution in [1.29, 1.82) is 0 Å². The van der Waals surface area contributed by atoms with E-state index in [-0.39, 0.29) is 16.7 Å². The molecule has 0 radical (unpaired) electrons. The van der Waals surface area contributed by atoms with Crippen LogP contribution in [0.4, 0.5) is 23.0 Å². The number of anilines is 4. The Morgan fingerprint density at radius 2 is 1.43 bits per heavy atom. The van der Waals surface area contributed by atoms with E-state index in [1.165, 1.54) is 17.0 Å². The van der Waals surface area contributed by atoms with E-state index >= 15 is 0 Å². The Morgan fingerprint density at radius 3 is 2.19 bits per heavy atom. The van der Waals surface area contributed by atoms with E-state index in [0.717, 1.165) is 22.5 Å². The second-order valence-corrected chi connectivity index (χ2v) is 9.06. The van der Waals surface area contributed by atoms with Gasteiger partial charge >= 0.3 is 0 Å². The van der Waals surface area contributed by atoms with Gasteiger partial charge in [0, 0.05) is 28.3 Å². The van der Waals surface area contributed by atoms with Crippen molar-refractivity contribution in [3.63, 3.8) is 0 Å². The van der Waals surface area contributed by atoms with Crippen molar-refractivity contribution in [2.24, 2.45) is 0 Å². The summed E-state index contributed by atoms with van der Waals surface area (Å²) >= 11 is 0. The molecule has 0 fully saturated rings. The Kier molecular flexibility index (Phi) is 6.01. The van der Waals surface area contributed by atoms with E-state index in [1.807, 2.05) is 52.0 Å². The summed E-state index contributed by atoms with van der Waals surface area (Å²) in [7, 11) is 0. The maximum atomic E-state index is 13.2. The van der Waals surface area contributed by atoms with Crippen LogP contribution in [0.3, 0.4) is 0 Å². The zero-order chi connectivity index (χ0) is 26.3. The van der Waals surface area contributed by atoms with Crippen LogP contribution in [0.1, 0.15) is 53.6 Å². The van der Waals surface area contributed by atoms with E-state index in [9.17, 15) is 14.4 Å². The van der Waals surface area contributed by atoms with Gasteiger partial charge in [0.25, 0.3) is 17.7 Å². The van der Waals surface area contributed by atoms with Gasteiger partial charge in [-0.05, 0) is 87.4 Å². The molecule has 1 aromatic heterocycles. The molecule has 0 unspecified atom stereocenters. The molecule has 5 rings (SSSR count). The summed E-state index contributed by atoms with van der Waals surface area (Å²) in [6, 6.07) is 19.1. The lowest BCUT2D eigenvalue weighted by Crippen LogP contribution is -2.30. The minimum Gasteiger partial charge on any atom is -0.324 e. The summed E-state index contributed by atoms with van der Waals surface area (Å²) in [5.41, 5.74) is 6.11. The smallest absolute Gasteiger partial charge is 0.266 e. The molecule has 3 aromatic carbocycles. The van der Waals surface area contributed by atoms with E-state index < -0.39 is 17.7 Å². The van der Waals surface area contributed by atoms with Crippen LogP contribution < -0.4 is 15.5 Å². The number of carbonyl (C=O) groups excluding carboxylic acids is 3. The van der Waals surface area contributed by atoms with Gasteiger partial charge in [-0.25, -0.2) is 14.9 Å². The van der Waals surface area contributed by atoms with Gasteiger partial charge in [-0.15, -0.1) is 0 Å². The average molecular weight is 492 g/mol. The first kappa shape index (κ1) is 23.9. The lowest BCUT2D eigenvalue weighted by atomic mass is 10.1. The van der Waals surface area contributed by atoms with Crippen LogP contribution in [0.2, 0.25) is 0 Å². The van der Waals surface area contributed by atoms with Crippen molar-refractivity contribution in [3.8, 4) is 0 Å². The molecule has 0 atom stereocenters. The maximum Gasteiger partial charge on any atom is 0.266 e. The highest BCUT2D eigenvalue weighted by molar-refractivity contribution is 6.35. The number of imide groups is 1. The van der Waals surface area contributed by atoms with Gasteiger partial charge in [0.2, 0.25) is 5.95 Å². The Hall–Kier alpha value is -4.85. The molecule has 37 heavy (non-hydrogen) atoms. The third-order valence-electron chi connectivity index (χ3n) is 6.32. The maximum absolute atomic E-state index is 13.2. The molecule has 3 amide bonds. The van der Waals surface area contributed by atoms with Gasteiger partial charge in [-0.1, -0.05) is 18.2 Å². The molecular weight excluding hydrogens is 466 g/mol. The zero-order valence-electron chi connectivity index (χ0n) is 20.9. The number of carbonyl (C=O) groups is 3. The van der Waals surface area contributed by atoms with Crippen LogP contribution in [0.15, 0.2) is 66.7 Å². The van der Waals surface area contributed by atoms with Crippen LogP contribution in [0.25, 0.3) is 0 Å². The first-order valence-corrected chi connectivity index (χ1v) is 11.8. The highest BCUT2D eigenvalue weighted by Gasteiger charge is 2.38. The number of nitrogens with zero attached hydrogens (tertiary/aromatic N) is 3. The van der Waals surface area contributed by atoms with Gasteiger partial charge in [-0.3, -0.25) is 14.4 Å². The van der Waals surface area contributed by atoms with Crippen LogP contribution >= 0.6 is 0 Å². The minimum atomic E-state index is -0.442. The molecule has 4 aromatic rings. The van der Waals surface area contributed by atoms with Crippen LogP contribution in [0, 0.1) is 27.7 Å². The lowest BCUT2D eigenvalue weighted by molar-refractivity contribution is 0.0925. The Morgan fingerprint density at radius 1 is 0.757 bits per heavy atom. The van der Waals surface area contributed by atoms with Gasteiger partial charge in [0.15, 0.2) is 0 Å². The van der Waals surface area contributed by atoms with Crippen molar-refractivity contribution < 1.29 is 14.4 Å². The molecule has 0 bridgehead atoms. The third kappa shape index (κ3) is 4.56. The van der Waals surface area contributed by atoms with Crippen LogP contribution in [-0.4, -0.2) is 27.7 Å². The number of hydrogen-bond acceptors (Lipinski definition) is 6. The molecule has 2 heterocycles. The molecule has 184 valence electrons. The van der Waals surface area contributed by atoms with Crippen LogP contribution in [-0.2, 0) is 0 Å². The molecule has 2 N–H and O–H groups in total. The van der Waals surface area contributed by atoms with E-state index in [0.29, 0.717) is 23.0 Å². The SMILES string of the molecule is Cc1cc(C)nc(Nc2cccc(NC(=O)c3ccc4c(c3)C(=O)N(c3cccc(C)c3C)C4=O)c2)n1. The fraction of sp³-hybridized carbons (Fsp3) is 0.138. The van der Waals surface area contributed by atoms with Crippen molar-refractivity contribution in [1.82, 2.24) is 9.97 Å². The summed E-state index contributed by atoms with van der Waals surface area (Å²) in [5.74, 6) is -0.764. The van der Waals surface area contributed by atoms with Gasteiger partial charge in [0.05, 0.1) is 16.8 Å². The number of amides is 3. The summed E-state index contributed by atoms with van der Waals surface area (Å²) in [6.45, 7) is 7.60. The molecular formula is C29H25N5O3. The quantitative estimate of drug-likeness (QED) is 0.357. The van der Waals surface area contributed by atoms with E-state index in [4.69, 9.17) is 0 Å². The topological polar surface area (TPSA) is 104 Å². The summed E-state index contributed by atoms with van der Waals surface area (Å²) in [4.78, 5) is 49.3. The standard InChI is InChI=1S/C29H25N5O3/c1-16-7-5-10-25(19(16)4)34-27(36)23-12-11-20(14-24(23)28(34)37)26(35)32-21-8-6-9-22(15-21)33-29-30-17(2)13-18(3)31-29/h5-15H,1-4H3,(H,32,35)(H,30,31,33). The molecule has 8 nitrogen and oxygen atoms in total. The number of rotatable bonds is 5. The largest absolute Gasteiger partial charge is 0.324 e. The first-order valence-electron chi connectivity index (χ1n) is 11.8. The molecule has 1 aliphatic heterocycles. The van der Waals surface area contributed by atoms with Crippen molar-refractivity contribution >= 4 is 40.7 Å². The van der Waals surface area contributed by atoms with Gasteiger partial charge in [0.1, 0.15) is 0 Å². The highest BCUT2D eigenvalue weighted by atomic mass is 16.2. The van der Waals surface area contributed by atoms with Crippen molar-refractivity contribution in [2.75, 3.05) is 15.5 Å². The number of nitrogens with one attached hydrogen (secondary N) is 2. The number of benzene rings is 3.